The number of hydrogen-bond donors (Lipinski definition) is 0. The maximum Gasteiger partial charge on any atom is 0.133 e. The molecule has 0 N–H and O–H groups in total. The molecule has 3 rings (SSSR count). The van der Waals surface area contributed by atoms with Crippen LogP contribution in [-0.4, -0.2) is 43.0 Å². The van der Waals surface area contributed by atoms with Gasteiger partial charge in [-0.3, -0.25) is 0 Å². The number of nitrogens with zero attached hydrogens (tertiary/aromatic N) is 4. The molecule has 1 saturated carbocycles. The highest BCUT2D eigenvalue weighted by molar-refractivity contribution is 5.70. The molecule has 0 radical (unpaired) electrons. The van der Waals surface area contributed by atoms with Gasteiger partial charge in [-0.15, -0.1) is 0 Å². The fourth-order valence-corrected chi connectivity index (χ4v) is 4.48. The van der Waals surface area contributed by atoms with Crippen LogP contribution in [0.25, 0.3) is 5.70 Å². The minimum atomic E-state index is 0.285. The van der Waals surface area contributed by atoms with Gasteiger partial charge in [0.1, 0.15) is 17.7 Å². The predicted molar refractivity (Wildman–Crippen MR) is 108 cm³/mol. The van der Waals surface area contributed by atoms with Crippen molar-refractivity contribution in [3.63, 3.8) is 0 Å². The molecule has 1 fully saturated rings. The minimum Gasteiger partial charge on any atom is -0.367 e. The lowest BCUT2D eigenvalue weighted by Gasteiger charge is -2.47. The van der Waals surface area contributed by atoms with Crippen LogP contribution in [0.2, 0.25) is 0 Å². The lowest BCUT2D eigenvalue weighted by Crippen LogP contribution is -2.45. The van der Waals surface area contributed by atoms with Gasteiger partial charge in [-0.1, -0.05) is 43.2 Å². The number of benzene rings is 1. The van der Waals surface area contributed by atoms with Crippen LogP contribution in [-0.2, 0) is 0 Å². The minimum absolute atomic E-state index is 0.285. The quantitative estimate of drug-likeness (QED) is 0.739. The average Bonchev–Trinajstić information content (AvgIpc) is 2.70. The van der Waals surface area contributed by atoms with Crippen molar-refractivity contribution in [1.29, 1.82) is 10.5 Å². The van der Waals surface area contributed by atoms with E-state index < -0.39 is 0 Å². The Hall–Kier alpha value is -2.56. The summed E-state index contributed by atoms with van der Waals surface area (Å²) in [4.78, 5) is 4.78. The zero-order valence-corrected chi connectivity index (χ0v) is 16.4. The van der Waals surface area contributed by atoms with Crippen LogP contribution >= 0.6 is 0 Å². The Labute approximate surface area is 163 Å². The first-order valence-electron chi connectivity index (χ1n) is 9.88. The van der Waals surface area contributed by atoms with Crippen LogP contribution in [0.3, 0.4) is 0 Å². The molecule has 4 heteroatoms. The monoisotopic (exact) mass is 360 g/mol. The third-order valence-corrected chi connectivity index (χ3v) is 5.72. The highest BCUT2D eigenvalue weighted by Gasteiger charge is 2.38. The molecule has 1 aromatic carbocycles. The summed E-state index contributed by atoms with van der Waals surface area (Å²) < 4.78 is 0. The molecule has 140 valence electrons. The Balaban J connectivity index is 2.06. The number of hydrogen-bond acceptors (Lipinski definition) is 4. The van der Waals surface area contributed by atoms with E-state index in [4.69, 9.17) is 0 Å². The van der Waals surface area contributed by atoms with Gasteiger partial charge < -0.3 is 9.80 Å². The first kappa shape index (κ1) is 19.2. The summed E-state index contributed by atoms with van der Waals surface area (Å²) in [6.07, 6.45) is 7.81. The third kappa shape index (κ3) is 4.24. The largest absolute Gasteiger partial charge is 0.367 e. The second-order valence-electron chi connectivity index (χ2n) is 7.76. The van der Waals surface area contributed by atoms with Crippen LogP contribution < -0.4 is 0 Å². The maximum absolute atomic E-state index is 9.52. The van der Waals surface area contributed by atoms with E-state index in [1.807, 2.05) is 6.07 Å². The molecule has 27 heavy (non-hydrogen) atoms. The van der Waals surface area contributed by atoms with Crippen molar-refractivity contribution < 1.29 is 0 Å². The number of fused-ring (bicyclic) bond motifs is 1. The van der Waals surface area contributed by atoms with Crippen LogP contribution in [0.5, 0.6) is 0 Å². The summed E-state index contributed by atoms with van der Waals surface area (Å²) in [5.41, 5.74) is 3.57. The summed E-state index contributed by atoms with van der Waals surface area (Å²) in [6, 6.07) is 15.1. The predicted octanol–water partition coefficient (Wildman–Crippen LogP) is 4.20. The van der Waals surface area contributed by atoms with Gasteiger partial charge >= 0.3 is 0 Å². The van der Waals surface area contributed by atoms with E-state index in [1.165, 1.54) is 18.4 Å². The zero-order chi connectivity index (χ0) is 19.2. The fourth-order valence-electron chi connectivity index (χ4n) is 4.48. The van der Waals surface area contributed by atoms with E-state index >= 15 is 0 Å². The van der Waals surface area contributed by atoms with Gasteiger partial charge in [-0.25, -0.2) is 0 Å². The molecule has 0 saturated heterocycles. The Morgan fingerprint density at radius 2 is 1.81 bits per heavy atom. The Morgan fingerprint density at radius 3 is 2.48 bits per heavy atom. The highest BCUT2D eigenvalue weighted by atomic mass is 15.2. The van der Waals surface area contributed by atoms with Gasteiger partial charge in [0.2, 0.25) is 0 Å². The highest BCUT2D eigenvalue weighted by Crippen LogP contribution is 2.43. The van der Waals surface area contributed by atoms with Crippen molar-refractivity contribution in [2.45, 2.75) is 38.1 Å². The van der Waals surface area contributed by atoms with Crippen molar-refractivity contribution >= 4 is 5.70 Å². The van der Waals surface area contributed by atoms with E-state index in [0.29, 0.717) is 12.0 Å². The van der Waals surface area contributed by atoms with Gasteiger partial charge in [0.25, 0.3) is 0 Å². The fraction of sp³-hybridized carbons (Fsp3) is 0.478. The summed E-state index contributed by atoms with van der Waals surface area (Å²) in [5, 5.41) is 19.0. The second kappa shape index (κ2) is 8.89. The SMILES string of the molecule is CN(C)CCCN1C(c2ccccc2)=CC(=C(C#N)C#N)[C@@H]2CCCC[C@@H]21. The molecule has 0 amide bonds. The van der Waals surface area contributed by atoms with Crippen molar-refractivity contribution in [2.75, 3.05) is 27.2 Å². The van der Waals surface area contributed by atoms with E-state index in [0.717, 1.165) is 43.6 Å². The summed E-state index contributed by atoms with van der Waals surface area (Å²) >= 11 is 0. The summed E-state index contributed by atoms with van der Waals surface area (Å²) in [6.45, 7) is 2.06. The first-order chi connectivity index (χ1) is 13.2. The Morgan fingerprint density at radius 1 is 1.11 bits per heavy atom. The van der Waals surface area contributed by atoms with Gasteiger partial charge in [0.15, 0.2) is 0 Å². The van der Waals surface area contributed by atoms with Gasteiger partial charge in [-0.05, 0) is 57.1 Å². The molecule has 4 nitrogen and oxygen atoms in total. The smallest absolute Gasteiger partial charge is 0.133 e. The molecular weight excluding hydrogens is 332 g/mol. The second-order valence-corrected chi connectivity index (χ2v) is 7.76. The number of nitriles is 2. The Bertz CT molecular complexity index is 776. The number of rotatable bonds is 5. The molecule has 1 aliphatic heterocycles. The first-order valence-corrected chi connectivity index (χ1v) is 9.88. The van der Waals surface area contributed by atoms with E-state index in [-0.39, 0.29) is 5.57 Å². The third-order valence-electron chi connectivity index (χ3n) is 5.72. The molecule has 1 aromatic rings. The van der Waals surface area contributed by atoms with Crippen LogP contribution in [0.15, 0.2) is 47.6 Å². The maximum atomic E-state index is 9.52. The van der Waals surface area contributed by atoms with Crippen molar-refractivity contribution in [3.05, 3.63) is 53.1 Å². The lowest BCUT2D eigenvalue weighted by atomic mass is 9.74. The molecule has 1 heterocycles. The molecular formula is C23H28N4. The van der Waals surface area contributed by atoms with Crippen LogP contribution in [0.4, 0.5) is 0 Å². The van der Waals surface area contributed by atoms with Crippen molar-refractivity contribution in [1.82, 2.24) is 9.80 Å². The van der Waals surface area contributed by atoms with Gasteiger partial charge in [0, 0.05) is 24.2 Å². The van der Waals surface area contributed by atoms with Crippen LogP contribution in [0.1, 0.15) is 37.7 Å². The van der Waals surface area contributed by atoms with E-state index in [1.54, 1.807) is 0 Å². The molecule has 0 bridgehead atoms. The normalized spacial score (nSPS) is 21.9. The standard InChI is InChI=1S/C23H28N4/c1-26(2)13-8-14-27-22-12-7-6-11-20(22)21(19(16-24)17-25)15-23(27)18-9-4-3-5-10-18/h3-5,9-10,15,20,22H,6-8,11-14H2,1-2H3/t20-,22-/m0/s1. The Kier molecular flexibility index (Phi) is 6.32. The summed E-state index contributed by atoms with van der Waals surface area (Å²) in [5.74, 6) is 0.292. The summed E-state index contributed by atoms with van der Waals surface area (Å²) in [7, 11) is 4.22. The van der Waals surface area contributed by atoms with Gasteiger partial charge in [0.05, 0.1) is 0 Å². The molecule has 0 unspecified atom stereocenters. The van der Waals surface area contributed by atoms with E-state index in [2.05, 4.69) is 66.4 Å². The molecule has 2 aliphatic rings. The average molecular weight is 361 g/mol. The molecule has 0 spiro atoms. The van der Waals surface area contributed by atoms with Gasteiger partial charge in [-0.2, -0.15) is 10.5 Å². The topological polar surface area (TPSA) is 54.1 Å². The van der Waals surface area contributed by atoms with Crippen LogP contribution in [0, 0.1) is 28.6 Å². The lowest BCUT2D eigenvalue weighted by molar-refractivity contribution is 0.169. The molecule has 1 aliphatic carbocycles. The number of allylic oxidation sites excluding steroid dienone is 2. The van der Waals surface area contributed by atoms with Crippen molar-refractivity contribution in [2.24, 2.45) is 5.92 Å². The van der Waals surface area contributed by atoms with Crippen molar-refractivity contribution in [3.8, 4) is 12.1 Å². The molecule has 0 aromatic heterocycles. The molecule has 2 atom stereocenters. The zero-order valence-electron chi connectivity index (χ0n) is 16.4. The van der Waals surface area contributed by atoms with E-state index in [9.17, 15) is 10.5 Å².